The van der Waals surface area contributed by atoms with Gasteiger partial charge in [-0.1, -0.05) is 35.9 Å². The van der Waals surface area contributed by atoms with E-state index in [-0.39, 0.29) is 18.7 Å². The normalized spacial score (nSPS) is 15.2. The molecule has 1 aliphatic rings. The summed E-state index contributed by atoms with van der Waals surface area (Å²) in [5.74, 6) is 0.0812. The maximum Gasteiger partial charge on any atom is 0.293 e. The van der Waals surface area contributed by atoms with Crippen LogP contribution in [0.2, 0.25) is 5.02 Å². The van der Waals surface area contributed by atoms with Gasteiger partial charge in [-0.25, -0.2) is 0 Å². The Morgan fingerprint density at radius 2 is 1.89 bits per heavy atom. The summed E-state index contributed by atoms with van der Waals surface area (Å²) < 4.78 is 5.13. The molecule has 0 aromatic heterocycles. The second-order valence-corrected chi connectivity index (χ2v) is 10.1. The van der Waals surface area contributed by atoms with Crippen molar-refractivity contribution in [2.45, 2.75) is 12.5 Å². The Kier molecular flexibility index (Phi) is 10.3. The summed E-state index contributed by atoms with van der Waals surface area (Å²) >= 11 is 8.50. The van der Waals surface area contributed by atoms with Crippen molar-refractivity contribution >= 4 is 64.2 Å². The molecule has 1 heterocycles. The minimum absolute atomic E-state index is 0.0179. The smallest absolute Gasteiger partial charge is 0.293 e. The van der Waals surface area contributed by atoms with E-state index in [9.17, 15) is 19.2 Å². The summed E-state index contributed by atoms with van der Waals surface area (Å²) in [6, 6.07) is 12.9. The van der Waals surface area contributed by atoms with Crippen molar-refractivity contribution in [3.63, 3.8) is 0 Å². The lowest BCUT2D eigenvalue weighted by Crippen LogP contribution is -2.48. The highest BCUT2D eigenvalue weighted by atomic mass is 35.5. The number of nitrogens with zero attached hydrogens (tertiary/aromatic N) is 1. The number of hydrogen-bond acceptors (Lipinski definition) is 7. The predicted molar refractivity (Wildman–Crippen MR) is 144 cm³/mol. The molecule has 2 aromatic carbocycles. The average molecular weight is 548 g/mol. The molecule has 1 atom stereocenters. The van der Waals surface area contributed by atoms with Crippen LogP contribution in [0, 0.1) is 0 Å². The van der Waals surface area contributed by atoms with E-state index < -0.39 is 29.0 Å². The zero-order valence-electron chi connectivity index (χ0n) is 19.8. The number of hydrogen-bond donors (Lipinski definition) is 2. The van der Waals surface area contributed by atoms with Crippen molar-refractivity contribution in [1.82, 2.24) is 15.5 Å². The van der Waals surface area contributed by atoms with Crippen LogP contribution in [-0.2, 0) is 9.59 Å². The monoisotopic (exact) mass is 547 g/mol. The second-order valence-electron chi connectivity index (χ2n) is 7.68. The van der Waals surface area contributed by atoms with Gasteiger partial charge in [-0.2, -0.15) is 11.8 Å². The van der Waals surface area contributed by atoms with E-state index in [0.29, 0.717) is 27.9 Å². The number of rotatable bonds is 11. The minimum Gasteiger partial charge on any atom is -0.497 e. The molecule has 0 spiro atoms. The van der Waals surface area contributed by atoms with Crippen LogP contribution < -0.4 is 15.4 Å². The summed E-state index contributed by atoms with van der Waals surface area (Å²) in [5.41, 5.74) is 1.04. The first-order valence-corrected chi connectivity index (χ1v) is 13.6. The molecule has 2 aromatic rings. The van der Waals surface area contributed by atoms with Gasteiger partial charge in [-0.05, 0) is 66.1 Å². The fraction of sp³-hybridized carbons (Fsp3) is 0.280. The first-order chi connectivity index (χ1) is 17.3. The lowest BCUT2D eigenvalue weighted by atomic mass is 10.1. The van der Waals surface area contributed by atoms with Crippen molar-refractivity contribution in [3.8, 4) is 5.75 Å². The number of benzene rings is 2. The van der Waals surface area contributed by atoms with Crippen LogP contribution in [0.1, 0.15) is 22.3 Å². The Hall–Kier alpha value is -2.95. The predicted octanol–water partition coefficient (Wildman–Crippen LogP) is 4.05. The van der Waals surface area contributed by atoms with Gasteiger partial charge in [0.2, 0.25) is 5.91 Å². The maximum absolute atomic E-state index is 12.8. The fourth-order valence-corrected chi connectivity index (χ4v) is 4.90. The lowest BCUT2D eigenvalue weighted by molar-refractivity contribution is -0.125. The first kappa shape index (κ1) is 27.6. The average Bonchev–Trinajstić information content (AvgIpc) is 3.14. The van der Waals surface area contributed by atoms with Crippen LogP contribution >= 0.6 is 35.1 Å². The van der Waals surface area contributed by atoms with Crippen molar-refractivity contribution in [2.75, 3.05) is 32.2 Å². The first-order valence-electron chi connectivity index (χ1n) is 11.1. The number of thioether (sulfide) groups is 2. The summed E-state index contributed by atoms with van der Waals surface area (Å²) in [4.78, 5) is 52.0. The zero-order chi connectivity index (χ0) is 26.1. The van der Waals surface area contributed by atoms with E-state index >= 15 is 0 Å². The Balaban J connectivity index is 1.57. The van der Waals surface area contributed by atoms with Gasteiger partial charge < -0.3 is 15.4 Å². The van der Waals surface area contributed by atoms with Gasteiger partial charge in [-0.15, -0.1) is 0 Å². The van der Waals surface area contributed by atoms with Crippen molar-refractivity contribution in [2.24, 2.45) is 0 Å². The van der Waals surface area contributed by atoms with Crippen LogP contribution in [-0.4, -0.2) is 66.1 Å². The van der Waals surface area contributed by atoms with Crippen LogP contribution in [0.4, 0.5) is 4.79 Å². The summed E-state index contributed by atoms with van der Waals surface area (Å²) in [5, 5.41) is 5.34. The molecule has 36 heavy (non-hydrogen) atoms. The van der Waals surface area contributed by atoms with Crippen molar-refractivity contribution < 1.29 is 23.9 Å². The molecule has 0 bridgehead atoms. The molecule has 190 valence electrons. The number of methoxy groups -OCH3 is 1. The van der Waals surface area contributed by atoms with E-state index in [2.05, 4.69) is 10.6 Å². The van der Waals surface area contributed by atoms with Gasteiger partial charge in [0.25, 0.3) is 17.1 Å². The fourth-order valence-electron chi connectivity index (χ4n) is 3.34. The molecule has 1 aliphatic heterocycles. The van der Waals surface area contributed by atoms with E-state index in [1.165, 1.54) is 0 Å². The van der Waals surface area contributed by atoms with Gasteiger partial charge >= 0.3 is 0 Å². The molecular formula is C25H26ClN3O5S2. The number of amides is 4. The molecular weight excluding hydrogens is 522 g/mol. The number of imide groups is 1. The van der Waals surface area contributed by atoms with Gasteiger partial charge in [0.05, 0.1) is 22.6 Å². The molecule has 0 radical (unpaired) electrons. The molecule has 1 fully saturated rings. The third-order valence-corrected chi connectivity index (χ3v) is 7.15. The Morgan fingerprint density at radius 3 is 2.56 bits per heavy atom. The SMILES string of the molecule is COc1ccc(/C=C2/SC(=O)N(CCNC(=O)[C@H](CCSC)NC(=O)c3ccccc3Cl)C2=O)cc1. The maximum atomic E-state index is 12.8. The molecule has 4 amide bonds. The third kappa shape index (κ3) is 7.28. The Morgan fingerprint density at radius 1 is 1.17 bits per heavy atom. The minimum atomic E-state index is -0.786. The van der Waals surface area contributed by atoms with Crippen LogP contribution in [0.3, 0.4) is 0 Å². The number of carbonyl (C=O) groups is 4. The molecule has 2 N–H and O–H groups in total. The van der Waals surface area contributed by atoms with E-state index in [1.54, 1.807) is 73.5 Å². The quantitative estimate of drug-likeness (QED) is 0.409. The Bertz CT molecular complexity index is 1160. The van der Waals surface area contributed by atoms with Gasteiger partial charge in [0, 0.05) is 13.1 Å². The molecule has 8 nitrogen and oxygen atoms in total. The van der Waals surface area contributed by atoms with Crippen LogP contribution in [0.15, 0.2) is 53.4 Å². The van der Waals surface area contributed by atoms with E-state index in [0.717, 1.165) is 22.2 Å². The molecule has 0 unspecified atom stereocenters. The topological polar surface area (TPSA) is 105 Å². The van der Waals surface area contributed by atoms with Gasteiger partial charge in [0.1, 0.15) is 11.8 Å². The highest BCUT2D eigenvalue weighted by Crippen LogP contribution is 2.32. The molecule has 0 saturated carbocycles. The molecule has 0 aliphatic carbocycles. The number of nitrogens with one attached hydrogen (secondary N) is 2. The summed E-state index contributed by atoms with van der Waals surface area (Å²) in [7, 11) is 1.57. The molecule has 11 heteroatoms. The number of halogens is 1. The van der Waals surface area contributed by atoms with Crippen LogP contribution in [0.5, 0.6) is 5.75 Å². The standard InChI is InChI=1S/C25H26ClN3O5S2/c1-34-17-9-7-16(8-10-17)15-21-24(32)29(25(33)36-21)13-12-27-23(31)20(11-14-35-2)28-22(30)18-5-3-4-6-19(18)26/h3-10,15,20H,11-14H2,1-2H3,(H,27,31)(H,28,30)/b21-15+/t20-/m0/s1. The highest BCUT2D eigenvalue weighted by Gasteiger charge is 2.35. The third-order valence-electron chi connectivity index (χ3n) is 5.27. The molecule has 3 rings (SSSR count). The lowest BCUT2D eigenvalue weighted by Gasteiger charge is -2.19. The van der Waals surface area contributed by atoms with Crippen molar-refractivity contribution in [1.29, 1.82) is 0 Å². The second kappa shape index (κ2) is 13.4. The number of carbonyl (C=O) groups excluding carboxylic acids is 4. The summed E-state index contributed by atoms with van der Waals surface area (Å²) in [6.07, 6.45) is 3.96. The molecule has 1 saturated heterocycles. The Labute approximate surface area is 223 Å². The van der Waals surface area contributed by atoms with Gasteiger partial charge in [0.15, 0.2) is 0 Å². The van der Waals surface area contributed by atoms with E-state index in [1.807, 2.05) is 6.26 Å². The van der Waals surface area contributed by atoms with Crippen molar-refractivity contribution in [3.05, 3.63) is 69.6 Å². The zero-order valence-corrected chi connectivity index (χ0v) is 22.2. The summed E-state index contributed by atoms with van der Waals surface area (Å²) in [6.45, 7) is 0.0779. The van der Waals surface area contributed by atoms with E-state index in [4.69, 9.17) is 16.3 Å². The highest BCUT2D eigenvalue weighted by molar-refractivity contribution is 8.18. The largest absolute Gasteiger partial charge is 0.497 e. The number of ether oxygens (including phenoxy) is 1. The van der Waals surface area contributed by atoms with Crippen LogP contribution in [0.25, 0.3) is 6.08 Å². The van der Waals surface area contributed by atoms with Gasteiger partial charge in [-0.3, -0.25) is 24.1 Å².